The highest BCUT2D eigenvalue weighted by atomic mass is 16.5. The van der Waals surface area contributed by atoms with Crippen molar-refractivity contribution in [1.82, 2.24) is 20.0 Å². The summed E-state index contributed by atoms with van der Waals surface area (Å²) in [6, 6.07) is 9.49. The number of rotatable bonds is 6. The van der Waals surface area contributed by atoms with Gasteiger partial charge in [0.15, 0.2) is 24.7 Å². The van der Waals surface area contributed by atoms with Crippen LogP contribution >= 0.6 is 0 Å². The molecule has 166 valence electrons. The second-order valence-electron chi connectivity index (χ2n) is 6.92. The van der Waals surface area contributed by atoms with E-state index in [-0.39, 0.29) is 5.91 Å². The first-order valence-electron chi connectivity index (χ1n) is 9.89. The molecule has 0 unspecified atom stereocenters. The summed E-state index contributed by atoms with van der Waals surface area (Å²) in [5.41, 5.74) is 4.95. The van der Waals surface area contributed by atoms with Gasteiger partial charge in [0.05, 0.1) is 17.6 Å². The SMILES string of the molecule is CNc1cc[n+](CCNC(=O)c2ccc3c(c2)ncn3-c2c(C)noc2C)cc1.O=C[O-]. The topological polar surface area (TPSA) is 129 Å². The largest absolute Gasteiger partial charge is 0.554 e. The molecule has 0 aliphatic carbocycles. The molecule has 10 nitrogen and oxygen atoms in total. The van der Waals surface area contributed by atoms with Crippen molar-refractivity contribution in [2.45, 2.75) is 20.4 Å². The monoisotopic (exact) mass is 436 g/mol. The number of aromatic nitrogens is 4. The summed E-state index contributed by atoms with van der Waals surface area (Å²) in [5.74, 6) is 0.607. The van der Waals surface area contributed by atoms with Gasteiger partial charge in [-0.25, -0.2) is 9.55 Å². The number of imidazole rings is 1. The van der Waals surface area contributed by atoms with E-state index in [0.29, 0.717) is 18.7 Å². The lowest BCUT2D eigenvalue weighted by atomic mass is 10.2. The van der Waals surface area contributed by atoms with Crippen LogP contribution in [0.25, 0.3) is 16.7 Å². The fourth-order valence-corrected chi connectivity index (χ4v) is 3.33. The second kappa shape index (κ2) is 10.2. The Morgan fingerprint density at radius 3 is 2.59 bits per heavy atom. The van der Waals surface area contributed by atoms with E-state index < -0.39 is 6.47 Å². The predicted octanol–water partition coefficient (Wildman–Crippen LogP) is 0.756. The Kier molecular flexibility index (Phi) is 7.17. The number of aryl methyl sites for hydroxylation is 2. The number of hydrogen-bond donors (Lipinski definition) is 2. The highest BCUT2D eigenvalue weighted by Gasteiger charge is 2.15. The van der Waals surface area contributed by atoms with E-state index in [9.17, 15) is 4.79 Å². The lowest BCUT2D eigenvalue weighted by Crippen LogP contribution is -2.39. The van der Waals surface area contributed by atoms with Crippen molar-refractivity contribution < 1.29 is 23.8 Å². The highest BCUT2D eigenvalue weighted by molar-refractivity contribution is 5.97. The van der Waals surface area contributed by atoms with E-state index in [1.807, 2.05) is 66.7 Å². The minimum Gasteiger partial charge on any atom is -0.554 e. The summed E-state index contributed by atoms with van der Waals surface area (Å²) in [6.45, 7) is 4.49. The second-order valence-corrected chi connectivity index (χ2v) is 6.92. The molecule has 3 aromatic heterocycles. The fourth-order valence-electron chi connectivity index (χ4n) is 3.33. The average molecular weight is 436 g/mol. The van der Waals surface area contributed by atoms with Crippen LogP contribution in [0.5, 0.6) is 0 Å². The number of nitrogens with zero attached hydrogens (tertiary/aromatic N) is 4. The third kappa shape index (κ3) is 4.91. The molecule has 4 rings (SSSR count). The molecule has 32 heavy (non-hydrogen) atoms. The number of pyridine rings is 1. The summed E-state index contributed by atoms with van der Waals surface area (Å²) >= 11 is 0. The molecule has 10 heteroatoms. The maximum Gasteiger partial charge on any atom is 0.251 e. The summed E-state index contributed by atoms with van der Waals surface area (Å²) in [6.07, 6.45) is 5.68. The number of carbonyl (C=O) groups is 2. The summed E-state index contributed by atoms with van der Waals surface area (Å²) < 4.78 is 9.21. The van der Waals surface area contributed by atoms with Gasteiger partial charge in [-0.05, 0) is 32.0 Å². The Morgan fingerprint density at radius 1 is 1.25 bits per heavy atom. The molecule has 0 saturated heterocycles. The number of amides is 1. The van der Waals surface area contributed by atoms with Gasteiger partial charge in [-0.1, -0.05) is 5.16 Å². The standard InChI is InChI=1S/C21H22N6O2.CH2O2/c1-14-20(15(2)29-25-14)27-13-24-18-12-16(4-5-19(18)27)21(28)23-8-11-26-9-6-17(22-3)7-10-26;2-1-3/h4-7,9-10,12-13H,8,11H2,1-3H3,(H,23,28);1H,(H,2,3). The van der Waals surface area contributed by atoms with Crippen molar-refractivity contribution in [1.29, 1.82) is 0 Å². The van der Waals surface area contributed by atoms with E-state index in [1.54, 1.807) is 12.4 Å². The third-order valence-electron chi connectivity index (χ3n) is 4.88. The maximum atomic E-state index is 12.5. The van der Waals surface area contributed by atoms with E-state index in [0.717, 1.165) is 33.9 Å². The summed E-state index contributed by atoms with van der Waals surface area (Å²) in [5, 5.41) is 18.3. The van der Waals surface area contributed by atoms with Gasteiger partial charge in [-0.2, -0.15) is 0 Å². The Hall–Kier alpha value is -4.21. The van der Waals surface area contributed by atoms with Crippen LogP contribution in [0.2, 0.25) is 0 Å². The number of fused-ring (bicyclic) bond motifs is 1. The predicted molar refractivity (Wildman–Crippen MR) is 115 cm³/mol. The maximum absolute atomic E-state index is 12.5. The molecule has 0 saturated carbocycles. The zero-order chi connectivity index (χ0) is 23.1. The molecule has 0 bridgehead atoms. The van der Waals surface area contributed by atoms with Gasteiger partial charge in [0.2, 0.25) is 0 Å². The Labute approximate surface area is 184 Å². The van der Waals surface area contributed by atoms with Gasteiger partial charge in [0, 0.05) is 36.9 Å². The minimum absolute atomic E-state index is 0.119. The lowest BCUT2D eigenvalue weighted by molar-refractivity contribution is -0.694. The molecule has 0 atom stereocenters. The first-order chi connectivity index (χ1) is 15.5. The van der Waals surface area contributed by atoms with Crippen LogP contribution in [0.1, 0.15) is 21.8 Å². The Balaban J connectivity index is 0.000000913. The van der Waals surface area contributed by atoms with Gasteiger partial charge < -0.3 is 25.1 Å². The third-order valence-corrected chi connectivity index (χ3v) is 4.88. The van der Waals surface area contributed by atoms with Gasteiger partial charge in [-0.15, -0.1) is 0 Å². The molecule has 1 amide bonds. The van der Waals surface area contributed by atoms with E-state index in [4.69, 9.17) is 14.4 Å². The quantitative estimate of drug-likeness (QED) is 0.337. The molecule has 1 aromatic carbocycles. The first kappa shape index (κ1) is 22.5. The van der Waals surface area contributed by atoms with Crippen molar-refractivity contribution in [3.05, 3.63) is 66.1 Å². The lowest BCUT2D eigenvalue weighted by Gasteiger charge is -2.05. The molecule has 0 spiro atoms. The van der Waals surface area contributed by atoms with Gasteiger partial charge in [-0.3, -0.25) is 9.36 Å². The van der Waals surface area contributed by atoms with E-state index >= 15 is 0 Å². The Morgan fingerprint density at radius 2 is 1.97 bits per heavy atom. The number of hydrogen-bond acceptors (Lipinski definition) is 7. The summed E-state index contributed by atoms with van der Waals surface area (Å²) in [4.78, 5) is 25.2. The van der Waals surface area contributed by atoms with Crippen LogP contribution in [0.15, 0.2) is 53.6 Å². The minimum atomic E-state index is -0.500. The van der Waals surface area contributed by atoms with Crippen LogP contribution < -0.4 is 20.3 Å². The fraction of sp³-hybridized carbons (Fsp3) is 0.227. The first-order valence-corrected chi connectivity index (χ1v) is 9.89. The van der Waals surface area contributed by atoms with Crippen molar-refractivity contribution in [3.8, 4) is 5.69 Å². The molecule has 0 aliphatic heterocycles. The van der Waals surface area contributed by atoms with Crippen molar-refractivity contribution in [2.75, 3.05) is 18.9 Å². The smallest absolute Gasteiger partial charge is 0.251 e. The van der Waals surface area contributed by atoms with E-state index in [1.165, 1.54) is 0 Å². The zero-order valence-electron chi connectivity index (χ0n) is 18.0. The average Bonchev–Trinajstić information content (AvgIpc) is 3.36. The molecule has 0 aliphatic rings. The van der Waals surface area contributed by atoms with Crippen LogP contribution in [0.4, 0.5) is 5.69 Å². The molecule has 4 aromatic rings. The normalized spacial score (nSPS) is 10.3. The van der Waals surface area contributed by atoms with Gasteiger partial charge >= 0.3 is 0 Å². The molecule has 0 fully saturated rings. The molecular weight excluding hydrogens is 412 g/mol. The van der Waals surface area contributed by atoms with Crippen LogP contribution in [-0.2, 0) is 11.3 Å². The number of carbonyl (C=O) groups excluding carboxylic acids is 2. The number of anilines is 1. The molecule has 0 radical (unpaired) electrons. The van der Waals surface area contributed by atoms with Crippen LogP contribution in [0, 0.1) is 13.8 Å². The summed E-state index contributed by atoms with van der Waals surface area (Å²) in [7, 11) is 1.88. The molecular formula is C22H24N6O4. The van der Waals surface area contributed by atoms with Gasteiger partial charge in [0.25, 0.3) is 5.91 Å². The van der Waals surface area contributed by atoms with Crippen LogP contribution in [-0.4, -0.2) is 40.7 Å². The Bertz CT molecular complexity index is 1190. The number of benzene rings is 1. The highest BCUT2D eigenvalue weighted by Crippen LogP contribution is 2.24. The van der Waals surface area contributed by atoms with Crippen molar-refractivity contribution in [3.63, 3.8) is 0 Å². The molecule has 3 heterocycles. The van der Waals surface area contributed by atoms with Crippen LogP contribution in [0.3, 0.4) is 0 Å². The zero-order valence-corrected chi connectivity index (χ0v) is 18.0. The number of nitrogens with one attached hydrogen (secondary N) is 2. The number of carboxylic acid groups (broad SMARTS) is 1. The van der Waals surface area contributed by atoms with Crippen molar-refractivity contribution in [2.24, 2.45) is 0 Å². The van der Waals surface area contributed by atoms with E-state index in [2.05, 4.69) is 20.8 Å². The molecule has 2 N–H and O–H groups in total. The van der Waals surface area contributed by atoms with Gasteiger partial charge in [0.1, 0.15) is 17.7 Å². The van der Waals surface area contributed by atoms with Crippen molar-refractivity contribution >= 4 is 29.1 Å².